The second-order valence-corrected chi connectivity index (χ2v) is 5.96. The number of aromatic amines is 1. The summed E-state index contributed by atoms with van der Waals surface area (Å²) in [6, 6.07) is 0. The Hall–Kier alpha value is -1.89. The van der Waals surface area contributed by atoms with Gasteiger partial charge < -0.3 is 14.5 Å². The Morgan fingerprint density at radius 1 is 1.41 bits per heavy atom. The standard InChI is InChI=1S/C15H22N4O3/c1-4-18-5-6-19(8-12(18)20)15(21)14-11-7-9(2)22-10(3)13(11)16-17-14/h9-10H,4-8H2,1-3H3,(H,16,17)/t9-,10+/m0/s1. The Bertz CT molecular complexity index is 598. The summed E-state index contributed by atoms with van der Waals surface area (Å²) in [6.45, 7) is 7.85. The monoisotopic (exact) mass is 306 g/mol. The number of H-pyrrole nitrogens is 1. The van der Waals surface area contributed by atoms with Gasteiger partial charge in [0.25, 0.3) is 5.91 Å². The third kappa shape index (κ3) is 2.49. The first-order valence-corrected chi connectivity index (χ1v) is 7.80. The molecule has 22 heavy (non-hydrogen) atoms. The predicted molar refractivity (Wildman–Crippen MR) is 79.4 cm³/mol. The number of aromatic nitrogens is 2. The minimum Gasteiger partial charge on any atom is -0.369 e. The zero-order valence-corrected chi connectivity index (χ0v) is 13.3. The molecule has 2 aliphatic rings. The lowest BCUT2D eigenvalue weighted by Crippen LogP contribution is -2.52. The van der Waals surface area contributed by atoms with Crippen molar-refractivity contribution in [1.29, 1.82) is 0 Å². The third-order valence-corrected chi connectivity index (χ3v) is 4.42. The number of carbonyl (C=O) groups excluding carboxylic acids is 2. The van der Waals surface area contributed by atoms with Crippen LogP contribution in [0.2, 0.25) is 0 Å². The van der Waals surface area contributed by atoms with Gasteiger partial charge in [-0.2, -0.15) is 5.10 Å². The molecule has 0 unspecified atom stereocenters. The molecule has 0 bridgehead atoms. The van der Waals surface area contributed by atoms with Crippen molar-refractivity contribution in [3.05, 3.63) is 17.0 Å². The van der Waals surface area contributed by atoms with Gasteiger partial charge in [-0.05, 0) is 20.8 Å². The summed E-state index contributed by atoms with van der Waals surface area (Å²) in [7, 11) is 0. The van der Waals surface area contributed by atoms with Crippen LogP contribution in [-0.2, 0) is 16.0 Å². The molecule has 1 saturated heterocycles. The second kappa shape index (κ2) is 5.72. The van der Waals surface area contributed by atoms with Crippen LogP contribution in [0.3, 0.4) is 0 Å². The van der Waals surface area contributed by atoms with Gasteiger partial charge in [0, 0.05) is 31.6 Å². The molecule has 7 heteroatoms. The van der Waals surface area contributed by atoms with Crippen molar-refractivity contribution in [2.75, 3.05) is 26.2 Å². The van der Waals surface area contributed by atoms with Crippen molar-refractivity contribution >= 4 is 11.8 Å². The van der Waals surface area contributed by atoms with Gasteiger partial charge in [0.15, 0.2) is 5.69 Å². The number of nitrogens with zero attached hydrogens (tertiary/aromatic N) is 3. The van der Waals surface area contributed by atoms with Crippen molar-refractivity contribution in [2.45, 2.75) is 39.4 Å². The highest BCUT2D eigenvalue weighted by Gasteiger charge is 2.33. The van der Waals surface area contributed by atoms with Crippen molar-refractivity contribution < 1.29 is 14.3 Å². The summed E-state index contributed by atoms with van der Waals surface area (Å²) >= 11 is 0. The van der Waals surface area contributed by atoms with Crippen LogP contribution < -0.4 is 0 Å². The molecule has 1 aromatic rings. The van der Waals surface area contributed by atoms with Crippen LogP contribution in [0.4, 0.5) is 0 Å². The Morgan fingerprint density at radius 2 is 2.18 bits per heavy atom. The number of ether oxygens (including phenoxy) is 1. The summed E-state index contributed by atoms with van der Waals surface area (Å²) in [5.41, 5.74) is 2.25. The Kier molecular flexibility index (Phi) is 3.90. The topological polar surface area (TPSA) is 78.5 Å². The summed E-state index contributed by atoms with van der Waals surface area (Å²) in [4.78, 5) is 28.1. The molecule has 1 N–H and O–H groups in total. The molecule has 3 heterocycles. The highest BCUT2D eigenvalue weighted by Crippen LogP contribution is 2.30. The van der Waals surface area contributed by atoms with E-state index in [1.807, 2.05) is 20.8 Å². The minimum atomic E-state index is -0.164. The quantitative estimate of drug-likeness (QED) is 0.874. The van der Waals surface area contributed by atoms with E-state index in [1.165, 1.54) is 0 Å². The fourth-order valence-corrected chi connectivity index (χ4v) is 3.22. The van der Waals surface area contributed by atoms with Gasteiger partial charge in [0.1, 0.15) is 6.54 Å². The Labute approximate surface area is 129 Å². The average molecular weight is 306 g/mol. The highest BCUT2D eigenvalue weighted by atomic mass is 16.5. The number of likely N-dealkylation sites (N-methyl/N-ethyl adjacent to an activating group) is 1. The van der Waals surface area contributed by atoms with E-state index in [4.69, 9.17) is 4.74 Å². The zero-order chi connectivity index (χ0) is 15.9. The molecule has 1 fully saturated rings. The molecule has 0 aromatic carbocycles. The van der Waals surface area contributed by atoms with E-state index in [2.05, 4.69) is 10.2 Å². The summed E-state index contributed by atoms with van der Waals surface area (Å²) in [5.74, 6) is -0.167. The predicted octanol–water partition coefficient (Wildman–Crippen LogP) is 0.736. The van der Waals surface area contributed by atoms with Gasteiger partial charge >= 0.3 is 0 Å². The number of amides is 2. The van der Waals surface area contributed by atoms with Crippen LogP contribution in [-0.4, -0.2) is 64.1 Å². The fourth-order valence-electron chi connectivity index (χ4n) is 3.22. The number of nitrogens with one attached hydrogen (secondary N) is 1. The van der Waals surface area contributed by atoms with Gasteiger partial charge in [-0.25, -0.2) is 0 Å². The van der Waals surface area contributed by atoms with Crippen molar-refractivity contribution in [3.8, 4) is 0 Å². The fraction of sp³-hybridized carbons (Fsp3) is 0.667. The molecular formula is C15H22N4O3. The molecule has 0 aliphatic carbocycles. The molecule has 120 valence electrons. The third-order valence-electron chi connectivity index (χ3n) is 4.42. The lowest BCUT2D eigenvalue weighted by Gasteiger charge is -2.33. The number of hydrogen-bond donors (Lipinski definition) is 1. The summed E-state index contributed by atoms with van der Waals surface area (Å²) in [6.07, 6.45) is 0.636. The maximum Gasteiger partial charge on any atom is 0.275 e. The number of rotatable bonds is 2. The number of carbonyl (C=O) groups is 2. The largest absolute Gasteiger partial charge is 0.369 e. The molecule has 0 spiro atoms. The van der Waals surface area contributed by atoms with Crippen LogP contribution in [0.15, 0.2) is 0 Å². The van der Waals surface area contributed by atoms with Crippen molar-refractivity contribution in [1.82, 2.24) is 20.0 Å². The number of hydrogen-bond acceptors (Lipinski definition) is 4. The first-order valence-electron chi connectivity index (χ1n) is 7.80. The van der Waals surface area contributed by atoms with E-state index >= 15 is 0 Å². The molecule has 2 amide bonds. The van der Waals surface area contributed by atoms with E-state index in [-0.39, 0.29) is 30.6 Å². The SMILES string of the molecule is CCN1CCN(C(=O)c2n[nH]c3c2C[C@H](C)O[C@@H]3C)CC1=O. The van der Waals surface area contributed by atoms with Crippen molar-refractivity contribution in [3.63, 3.8) is 0 Å². The number of fused-ring (bicyclic) bond motifs is 1. The van der Waals surface area contributed by atoms with Crippen LogP contribution >= 0.6 is 0 Å². The maximum absolute atomic E-state index is 12.7. The smallest absolute Gasteiger partial charge is 0.275 e. The molecule has 1 aromatic heterocycles. The second-order valence-electron chi connectivity index (χ2n) is 5.96. The van der Waals surface area contributed by atoms with E-state index in [1.54, 1.807) is 9.80 Å². The van der Waals surface area contributed by atoms with E-state index in [0.717, 1.165) is 11.3 Å². The molecule has 2 aliphatic heterocycles. The lowest BCUT2D eigenvalue weighted by molar-refractivity contribution is -0.134. The van der Waals surface area contributed by atoms with Crippen LogP contribution in [0, 0.1) is 0 Å². The summed E-state index contributed by atoms with van der Waals surface area (Å²) in [5, 5.41) is 7.13. The Balaban J connectivity index is 1.81. The summed E-state index contributed by atoms with van der Waals surface area (Å²) < 4.78 is 5.74. The molecule has 7 nitrogen and oxygen atoms in total. The van der Waals surface area contributed by atoms with E-state index in [0.29, 0.717) is 31.7 Å². The normalized spacial score (nSPS) is 25.3. The molecule has 0 radical (unpaired) electrons. The van der Waals surface area contributed by atoms with Crippen LogP contribution in [0.1, 0.15) is 48.6 Å². The lowest BCUT2D eigenvalue weighted by atomic mass is 9.99. The average Bonchev–Trinajstić information content (AvgIpc) is 2.90. The molecule has 3 rings (SSSR count). The van der Waals surface area contributed by atoms with Gasteiger partial charge in [-0.3, -0.25) is 14.7 Å². The van der Waals surface area contributed by atoms with E-state index in [9.17, 15) is 9.59 Å². The minimum absolute atomic E-state index is 0.00317. The molecule has 0 saturated carbocycles. The van der Waals surface area contributed by atoms with Gasteiger partial charge in [0.05, 0.1) is 17.9 Å². The van der Waals surface area contributed by atoms with Crippen LogP contribution in [0.5, 0.6) is 0 Å². The van der Waals surface area contributed by atoms with E-state index < -0.39 is 0 Å². The number of piperazine rings is 1. The maximum atomic E-state index is 12.7. The first kappa shape index (κ1) is 15.0. The first-order chi connectivity index (χ1) is 10.5. The Morgan fingerprint density at radius 3 is 2.86 bits per heavy atom. The highest BCUT2D eigenvalue weighted by molar-refractivity contribution is 5.97. The molecule has 2 atom stereocenters. The van der Waals surface area contributed by atoms with Gasteiger partial charge in [0.2, 0.25) is 5.91 Å². The van der Waals surface area contributed by atoms with Gasteiger partial charge in [-0.15, -0.1) is 0 Å². The zero-order valence-electron chi connectivity index (χ0n) is 13.3. The van der Waals surface area contributed by atoms with Gasteiger partial charge in [-0.1, -0.05) is 0 Å². The molecular weight excluding hydrogens is 284 g/mol. The van der Waals surface area contributed by atoms with Crippen LogP contribution in [0.25, 0.3) is 0 Å². The van der Waals surface area contributed by atoms with Crippen molar-refractivity contribution in [2.24, 2.45) is 0 Å².